The second kappa shape index (κ2) is 8.25. The maximum atomic E-state index is 12.1. The van der Waals surface area contributed by atoms with Crippen LogP contribution in [-0.2, 0) is 20.0 Å². The quantitative estimate of drug-likeness (QED) is 0.531. The zero-order chi connectivity index (χ0) is 18.4. The maximum absolute atomic E-state index is 12.1. The Morgan fingerprint density at radius 2 is 1.33 bits per heavy atom. The van der Waals surface area contributed by atoms with Gasteiger partial charge in [-0.15, -0.1) is 0 Å². The number of sulfonamides is 2. The largest absolute Gasteiger partial charge is 0.402 e. The molecule has 0 aliphatic rings. The number of benzene rings is 1. The summed E-state index contributed by atoms with van der Waals surface area (Å²) in [7, 11) is -6.46. The highest BCUT2D eigenvalue weighted by molar-refractivity contribution is 7.90. The molecule has 12 heteroatoms. The van der Waals surface area contributed by atoms with Crippen LogP contribution in [0.5, 0.6) is 0 Å². The van der Waals surface area contributed by atoms with Crippen LogP contribution in [0.15, 0.2) is 34.1 Å². The van der Waals surface area contributed by atoms with Gasteiger partial charge in [-0.3, -0.25) is 0 Å². The summed E-state index contributed by atoms with van der Waals surface area (Å²) in [5, 5.41) is 2.85. The summed E-state index contributed by atoms with van der Waals surface area (Å²) >= 11 is 0. The van der Waals surface area contributed by atoms with E-state index in [1.807, 2.05) is 0 Å². The Hall–Kier alpha value is -1.21. The highest BCUT2D eigenvalue weighted by atomic mass is 32.2. The summed E-state index contributed by atoms with van der Waals surface area (Å²) in [5.41, 5.74) is 0. The zero-order valence-corrected chi connectivity index (χ0v) is 14.4. The van der Waals surface area contributed by atoms with Crippen molar-refractivity contribution in [3.63, 3.8) is 0 Å². The third-order valence-electron chi connectivity index (χ3n) is 2.80. The minimum Gasteiger partial charge on any atom is -0.320 e. The van der Waals surface area contributed by atoms with Gasteiger partial charge >= 0.3 is 6.18 Å². The average molecular weight is 389 g/mol. The van der Waals surface area contributed by atoms with Gasteiger partial charge in [0.25, 0.3) is 0 Å². The Morgan fingerprint density at radius 3 is 1.75 bits per heavy atom. The molecule has 0 heterocycles. The molecule has 0 spiro atoms. The normalized spacial score (nSPS) is 13.2. The van der Waals surface area contributed by atoms with Crippen molar-refractivity contribution in [1.29, 1.82) is 0 Å². The van der Waals surface area contributed by atoms with Crippen LogP contribution in [0.25, 0.3) is 0 Å². The second-order valence-electron chi connectivity index (χ2n) is 4.77. The molecule has 0 saturated heterocycles. The fourth-order valence-corrected chi connectivity index (χ4v) is 3.70. The van der Waals surface area contributed by atoms with Crippen molar-refractivity contribution in [2.45, 2.75) is 22.4 Å². The van der Waals surface area contributed by atoms with Gasteiger partial charge in [0.05, 0.1) is 9.79 Å². The molecule has 0 bridgehead atoms. The van der Waals surface area contributed by atoms with Crippen molar-refractivity contribution in [2.75, 3.05) is 26.7 Å². The van der Waals surface area contributed by atoms with Gasteiger partial charge in [-0.05, 0) is 44.3 Å². The summed E-state index contributed by atoms with van der Waals surface area (Å²) in [6, 6.07) is 3.90. The molecule has 7 nitrogen and oxygen atoms in total. The molecule has 0 aliphatic carbocycles. The topological polar surface area (TPSA) is 104 Å². The number of hydrogen-bond acceptors (Lipinski definition) is 5. The average Bonchev–Trinajstić information content (AvgIpc) is 2.49. The van der Waals surface area contributed by atoms with Gasteiger partial charge in [-0.2, -0.15) is 13.2 Å². The predicted molar refractivity (Wildman–Crippen MR) is 81.4 cm³/mol. The first-order valence-corrected chi connectivity index (χ1v) is 9.75. The van der Waals surface area contributed by atoms with Gasteiger partial charge < -0.3 is 5.32 Å². The maximum Gasteiger partial charge on any atom is 0.402 e. The first-order valence-electron chi connectivity index (χ1n) is 6.79. The molecule has 0 aromatic heterocycles. The van der Waals surface area contributed by atoms with E-state index in [4.69, 9.17) is 0 Å². The zero-order valence-electron chi connectivity index (χ0n) is 12.7. The van der Waals surface area contributed by atoms with Gasteiger partial charge in [-0.1, -0.05) is 0 Å². The van der Waals surface area contributed by atoms with E-state index in [1.165, 1.54) is 4.72 Å². The van der Waals surface area contributed by atoms with E-state index in [-0.39, 0.29) is 11.4 Å². The fraction of sp³-hybridized carbons (Fsp3) is 0.500. The summed E-state index contributed by atoms with van der Waals surface area (Å²) in [6.07, 6.45) is -4.13. The molecule has 0 atom stereocenters. The number of halogens is 3. The number of hydrogen-bond donors (Lipinski definition) is 3. The van der Waals surface area contributed by atoms with E-state index in [0.717, 1.165) is 24.3 Å². The highest BCUT2D eigenvalue weighted by Gasteiger charge is 2.30. The van der Waals surface area contributed by atoms with Crippen molar-refractivity contribution in [2.24, 2.45) is 0 Å². The van der Waals surface area contributed by atoms with Crippen molar-refractivity contribution < 1.29 is 30.0 Å². The molecule has 1 aromatic carbocycles. The molecule has 0 radical (unpaired) electrons. The van der Waals surface area contributed by atoms with Crippen LogP contribution in [0.2, 0.25) is 0 Å². The van der Waals surface area contributed by atoms with E-state index in [0.29, 0.717) is 13.0 Å². The van der Waals surface area contributed by atoms with Crippen molar-refractivity contribution in [1.82, 2.24) is 14.8 Å². The Bertz CT molecular complexity index is 732. The molecule has 0 fully saturated rings. The lowest BCUT2D eigenvalue weighted by Gasteiger charge is -2.10. The molecule has 0 unspecified atom stereocenters. The predicted octanol–water partition coefficient (Wildman–Crippen LogP) is 0.415. The Labute approximate surface area is 138 Å². The molecular formula is C12H18F3N3O4S2. The van der Waals surface area contributed by atoms with Crippen molar-refractivity contribution in [3.8, 4) is 0 Å². The second-order valence-corrected chi connectivity index (χ2v) is 8.30. The van der Waals surface area contributed by atoms with Crippen LogP contribution in [0.1, 0.15) is 6.42 Å². The van der Waals surface area contributed by atoms with E-state index in [9.17, 15) is 30.0 Å². The Morgan fingerprint density at radius 1 is 0.875 bits per heavy atom. The molecule has 24 heavy (non-hydrogen) atoms. The molecule has 0 amide bonds. The van der Waals surface area contributed by atoms with Crippen LogP contribution >= 0.6 is 0 Å². The molecule has 1 aromatic rings. The van der Waals surface area contributed by atoms with E-state index in [1.54, 1.807) is 7.05 Å². The first-order chi connectivity index (χ1) is 11.0. The van der Waals surface area contributed by atoms with Crippen molar-refractivity contribution >= 4 is 20.0 Å². The Balaban J connectivity index is 2.81. The van der Waals surface area contributed by atoms with Crippen LogP contribution < -0.4 is 14.8 Å². The van der Waals surface area contributed by atoms with Gasteiger partial charge in [-0.25, -0.2) is 26.3 Å². The molecule has 3 N–H and O–H groups in total. The van der Waals surface area contributed by atoms with Crippen LogP contribution in [-0.4, -0.2) is 49.7 Å². The van der Waals surface area contributed by atoms with Crippen molar-refractivity contribution in [3.05, 3.63) is 24.3 Å². The highest BCUT2D eigenvalue weighted by Crippen LogP contribution is 2.17. The third-order valence-corrected chi connectivity index (χ3v) is 5.70. The summed E-state index contributed by atoms with van der Waals surface area (Å²) in [4.78, 5) is -0.636. The molecule has 0 aliphatic heterocycles. The van der Waals surface area contributed by atoms with Crippen LogP contribution in [0.3, 0.4) is 0 Å². The van der Waals surface area contributed by atoms with E-state index < -0.39 is 37.7 Å². The van der Waals surface area contributed by atoms with Crippen LogP contribution in [0.4, 0.5) is 13.2 Å². The molecule has 1 rings (SSSR count). The fourth-order valence-electron chi connectivity index (χ4n) is 1.61. The lowest BCUT2D eigenvalue weighted by molar-refractivity contribution is -0.121. The first kappa shape index (κ1) is 20.8. The standard InChI is InChI=1S/C12H18F3N3O4S2/c1-16-7-2-8-17-23(19,20)10-3-5-11(6-4-10)24(21,22)18-9-12(13,14)15/h3-6,16-18H,2,7-9H2,1H3. The number of rotatable bonds is 9. The van der Waals surface area contributed by atoms with E-state index >= 15 is 0 Å². The smallest absolute Gasteiger partial charge is 0.320 e. The van der Waals surface area contributed by atoms with Gasteiger partial charge in [0, 0.05) is 6.54 Å². The summed E-state index contributed by atoms with van der Waals surface area (Å²) < 4.78 is 87.3. The number of nitrogens with one attached hydrogen (secondary N) is 3. The third kappa shape index (κ3) is 6.73. The number of alkyl halides is 3. The monoisotopic (exact) mass is 389 g/mol. The molecule has 0 saturated carbocycles. The molecular weight excluding hydrogens is 371 g/mol. The lowest BCUT2D eigenvalue weighted by atomic mass is 10.4. The minimum atomic E-state index is -4.69. The van der Waals surface area contributed by atoms with Gasteiger partial charge in [0.15, 0.2) is 0 Å². The van der Waals surface area contributed by atoms with Crippen LogP contribution in [0, 0.1) is 0 Å². The van der Waals surface area contributed by atoms with Gasteiger partial charge in [0.2, 0.25) is 20.0 Å². The lowest BCUT2D eigenvalue weighted by Crippen LogP contribution is -2.33. The van der Waals surface area contributed by atoms with E-state index in [2.05, 4.69) is 10.0 Å². The summed E-state index contributed by atoms with van der Waals surface area (Å²) in [5.74, 6) is 0. The van der Waals surface area contributed by atoms with Gasteiger partial charge in [0.1, 0.15) is 6.54 Å². The minimum absolute atomic E-state index is 0.179. The molecule has 138 valence electrons. The SMILES string of the molecule is CNCCCNS(=O)(=O)c1ccc(S(=O)(=O)NCC(F)(F)F)cc1. The Kier molecular flexibility index (Phi) is 7.16. The summed E-state index contributed by atoms with van der Waals surface area (Å²) in [6.45, 7) is -0.899.